The molecule has 0 spiro atoms. The highest BCUT2D eigenvalue weighted by molar-refractivity contribution is 6.75. The van der Waals surface area contributed by atoms with Crippen molar-refractivity contribution < 1.29 is 0 Å². The quantitative estimate of drug-likeness (QED) is 0.514. The lowest BCUT2D eigenvalue weighted by molar-refractivity contribution is 1.22. The summed E-state index contributed by atoms with van der Waals surface area (Å²) in [6.45, 7) is -0.700. The third-order valence-corrected chi connectivity index (χ3v) is 1.91. The van der Waals surface area contributed by atoms with Gasteiger partial charge in [0.25, 0.3) is 0 Å². The molecule has 0 saturated carbocycles. The average Bonchev–Trinajstić information content (AvgIpc) is 2.26. The minimum atomic E-state index is -0.748. The van der Waals surface area contributed by atoms with Gasteiger partial charge in [-0.3, -0.25) is 0 Å². The van der Waals surface area contributed by atoms with Crippen LogP contribution < -0.4 is 0 Å². The van der Waals surface area contributed by atoms with Crippen molar-refractivity contribution >= 4 is 6.71 Å². The highest BCUT2D eigenvalue weighted by Crippen LogP contribution is 2.26. The Labute approximate surface area is 81.7 Å². The number of hydrogen-bond acceptors (Lipinski definition) is 4. The van der Waals surface area contributed by atoms with E-state index in [0.717, 1.165) is 0 Å². The van der Waals surface area contributed by atoms with E-state index in [4.69, 9.17) is 21.0 Å². The minimum absolute atomic E-state index is 0.179. The van der Waals surface area contributed by atoms with Crippen LogP contribution in [0.4, 0.5) is 0 Å². The summed E-state index contributed by atoms with van der Waals surface area (Å²) in [4.78, 5) is 0. The third kappa shape index (κ3) is 1.49. The first kappa shape index (κ1) is 9.59. The van der Waals surface area contributed by atoms with Crippen LogP contribution in [0, 0.1) is 45.2 Å². The first-order valence-corrected chi connectivity index (χ1v) is 3.79. The molecule has 0 aromatic heterocycles. The fraction of sp³-hybridized carbons (Fsp3) is 0.111. The van der Waals surface area contributed by atoms with Gasteiger partial charge in [-0.1, -0.05) is 5.98 Å². The topological polar surface area (TPSA) is 95.2 Å². The largest absolute Gasteiger partial charge is 0.316 e. The first-order valence-electron chi connectivity index (χ1n) is 3.79. The SMILES string of the molecule is N#CB1C=C(C#N)C=C(C#N)C1C#N. The summed E-state index contributed by atoms with van der Waals surface area (Å²) in [5.41, 5.74) is 0.442. The van der Waals surface area contributed by atoms with Gasteiger partial charge in [0, 0.05) is 17.1 Å². The van der Waals surface area contributed by atoms with Crippen molar-refractivity contribution in [2.75, 3.05) is 0 Å². The van der Waals surface area contributed by atoms with Crippen LogP contribution in [0.1, 0.15) is 0 Å². The molecule has 1 aliphatic rings. The molecule has 0 bridgehead atoms. The Bertz CT molecular complexity index is 475. The van der Waals surface area contributed by atoms with E-state index < -0.39 is 12.5 Å². The number of rotatable bonds is 0. The van der Waals surface area contributed by atoms with Gasteiger partial charge in [-0.25, -0.2) is 5.26 Å². The molecular formula is C9H3BN4. The number of nitriles is 4. The van der Waals surface area contributed by atoms with Crippen molar-refractivity contribution in [1.29, 1.82) is 21.0 Å². The van der Waals surface area contributed by atoms with Crippen LogP contribution in [-0.2, 0) is 0 Å². The zero-order valence-corrected chi connectivity index (χ0v) is 7.10. The van der Waals surface area contributed by atoms with Gasteiger partial charge in [0.15, 0.2) is 0 Å². The lowest BCUT2D eigenvalue weighted by atomic mass is 9.39. The summed E-state index contributed by atoms with van der Waals surface area (Å²) in [6.07, 6.45) is 1.35. The van der Waals surface area contributed by atoms with E-state index in [-0.39, 0.29) is 11.1 Å². The smallest absolute Gasteiger partial charge is 0.212 e. The predicted molar refractivity (Wildman–Crippen MR) is 48.1 cm³/mol. The van der Waals surface area contributed by atoms with E-state index in [1.54, 1.807) is 0 Å². The summed E-state index contributed by atoms with van der Waals surface area (Å²) in [6, 6.07) is 5.56. The molecule has 0 aromatic carbocycles. The first-order chi connectivity index (χ1) is 6.76. The summed E-state index contributed by atoms with van der Waals surface area (Å²) >= 11 is 0. The van der Waals surface area contributed by atoms with Crippen molar-refractivity contribution in [1.82, 2.24) is 0 Å². The van der Waals surface area contributed by atoms with Crippen LogP contribution in [0.5, 0.6) is 0 Å². The van der Waals surface area contributed by atoms with Gasteiger partial charge < -0.3 is 0 Å². The Hall–Kier alpha value is -2.50. The molecule has 14 heavy (non-hydrogen) atoms. The minimum Gasteiger partial charge on any atom is -0.212 e. The highest BCUT2D eigenvalue weighted by atomic mass is 14.3. The molecule has 0 aliphatic carbocycles. The van der Waals surface area contributed by atoms with Gasteiger partial charge in [-0.2, -0.15) is 15.8 Å². The molecule has 1 unspecified atom stereocenters. The average molecular weight is 178 g/mol. The Kier molecular flexibility index (Phi) is 2.70. The van der Waals surface area contributed by atoms with Crippen molar-refractivity contribution in [2.45, 2.75) is 5.82 Å². The van der Waals surface area contributed by atoms with E-state index in [0.29, 0.717) is 0 Å². The molecule has 0 N–H and O–H groups in total. The second-order valence-corrected chi connectivity index (χ2v) is 2.71. The molecule has 4 nitrogen and oxygen atoms in total. The van der Waals surface area contributed by atoms with E-state index in [9.17, 15) is 0 Å². The highest BCUT2D eigenvalue weighted by Gasteiger charge is 2.31. The van der Waals surface area contributed by atoms with E-state index >= 15 is 0 Å². The van der Waals surface area contributed by atoms with Crippen molar-refractivity contribution in [3.63, 3.8) is 0 Å². The second-order valence-electron chi connectivity index (χ2n) is 2.71. The van der Waals surface area contributed by atoms with Crippen LogP contribution in [0.2, 0.25) is 5.82 Å². The summed E-state index contributed by atoms with van der Waals surface area (Å²) in [5.74, 6) is 2.55. The maximum atomic E-state index is 8.75. The van der Waals surface area contributed by atoms with Gasteiger partial charge in [-0.15, -0.1) is 0 Å². The van der Waals surface area contributed by atoms with Crippen LogP contribution in [0.15, 0.2) is 23.2 Å². The maximum Gasteiger partial charge on any atom is 0.316 e. The Balaban J connectivity index is 3.21. The number of hydrogen-bond donors (Lipinski definition) is 0. The number of nitrogens with zero attached hydrogens (tertiary/aromatic N) is 4. The standard InChI is InChI=1S/C9H3BN4/c11-3-7-1-8(4-12)9(5-13)10(2-7)6-14/h1-2,9H. The third-order valence-electron chi connectivity index (χ3n) is 1.91. The summed E-state index contributed by atoms with van der Waals surface area (Å²) in [5, 5.41) is 34.8. The second kappa shape index (κ2) is 3.95. The molecule has 1 heterocycles. The molecule has 0 fully saturated rings. The Morgan fingerprint density at radius 2 is 1.86 bits per heavy atom. The van der Waals surface area contributed by atoms with E-state index in [2.05, 4.69) is 0 Å². The molecule has 0 radical (unpaired) electrons. The molecule has 1 aliphatic heterocycles. The molecule has 1 rings (SSSR count). The molecular weight excluding hydrogens is 175 g/mol. The normalized spacial score (nSPS) is 19.1. The van der Waals surface area contributed by atoms with Gasteiger partial charge in [-0.05, 0) is 6.08 Å². The molecule has 1 atom stereocenters. The summed E-state index contributed by atoms with van der Waals surface area (Å²) < 4.78 is 0. The Morgan fingerprint density at radius 1 is 1.14 bits per heavy atom. The molecule has 0 aromatic rings. The lowest BCUT2D eigenvalue weighted by Crippen LogP contribution is -2.20. The van der Waals surface area contributed by atoms with Crippen molar-refractivity contribution in [2.24, 2.45) is 0 Å². The molecule has 5 heteroatoms. The van der Waals surface area contributed by atoms with Gasteiger partial charge in [0.1, 0.15) is 0 Å². The lowest BCUT2D eigenvalue weighted by Gasteiger charge is -2.11. The fourth-order valence-electron chi connectivity index (χ4n) is 1.22. The zero-order valence-electron chi connectivity index (χ0n) is 7.10. The molecule has 0 amide bonds. The monoisotopic (exact) mass is 178 g/mol. The fourth-order valence-corrected chi connectivity index (χ4v) is 1.22. The van der Waals surface area contributed by atoms with Crippen LogP contribution in [-0.4, -0.2) is 6.71 Å². The van der Waals surface area contributed by atoms with Gasteiger partial charge >= 0.3 is 6.71 Å². The molecule has 62 valence electrons. The predicted octanol–water partition coefficient (Wildman–Crippen LogP) is 0.891. The van der Waals surface area contributed by atoms with Crippen LogP contribution in [0.25, 0.3) is 0 Å². The Morgan fingerprint density at radius 3 is 2.29 bits per heavy atom. The number of allylic oxidation sites excluding steroid dienone is 3. The van der Waals surface area contributed by atoms with E-state index in [1.165, 1.54) is 12.1 Å². The van der Waals surface area contributed by atoms with Gasteiger partial charge in [0.2, 0.25) is 0 Å². The zero-order chi connectivity index (χ0) is 10.6. The maximum absolute atomic E-state index is 8.75. The summed E-state index contributed by atoms with van der Waals surface area (Å²) in [7, 11) is 0. The van der Waals surface area contributed by atoms with Crippen molar-refractivity contribution in [3.8, 4) is 24.2 Å². The molecule has 0 saturated heterocycles. The van der Waals surface area contributed by atoms with E-state index in [1.807, 2.05) is 24.2 Å². The van der Waals surface area contributed by atoms with Gasteiger partial charge in [0.05, 0.1) is 24.0 Å². The van der Waals surface area contributed by atoms with Crippen LogP contribution in [0.3, 0.4) is 0 Å². The van der Waals surface area contributed by atoms with Crippen molar-refractivity contribution in [3.05, 3.63) is 23.2 Å². The van der Waals surface area contributed by atoms with Crippen LogP contribution >= 0.6 is 0 Å².